The molecule has 2 amide bonds. The summed E-state index contributed by atoms with van der Waals surface area (Å²) < 4.78 is 4.93. The number of nitrogens with one attached hydrogen (secondary N) is 2. The molecule has 1 unspecified atom stereocenters. The molecular formula is C16H17N3O3S. The van der Waals surface area contributed by atoms with Crippen molar-refractivity contribution in [2.24, 2.45) is 0 Å². The van der Waals surface area contributed by atoms with Crippen LogP contribution in [0, 0.1) is 0 Å². The van der Waals surface area contributed by atoms with E-state index in [1.165, 1.54) is 23.9 Å². The number of aromatic nitrogens is 1. The minimum atomic E-state index is -0.122. The van der Waals surface area contributed by atoms with Crippen molar-refractivity contribution in [3.05, 3.63) is 39.7 Å². The molecule has 2 heterocycles. The predicted molar refractivity (Wildman–Crippen MR) is 84.6 cm³/mol. The van der Waals surface area contributed by atoms with Crippen LogP contribution < -0.4 is 10.6 Å². The largest absolute Gasteiger partial charge is 0.472 e. The van der Waals surface area contributed by atoms with Gasteiger partial charge in [-0.3, -0.25) is 9.59 Å². The zero-order valence-electron chi connectivity index (χ0n) is 12.5. The van der Waals surface area contributed by atoms with E-state index in [1.54, 1.807) is 6.07 Å². The standard InChI is InChI=1S/C16H17N3O3S/c20-14(9-5-6-22-8-9)18-11-3-4-12-13(7-11)23-16(19-12)15(21)17-10-1-2-10/h5-6,8,10-11H,1-4,7H2,(H,17,21)(H,18,20). The lowest BCUT2D eigenvalue weighted by atomic mass is 9.97. The Morgan fingerprint density at radius 1 is 1.17 bits per heavy atom. The summed E-state index contributed by atoms with van der Waals surface area (Å²) in [5, 5.41) is 6.54. The molecule has 1 saturated carbocycles. The molecule has 0 aliphatic heterocycles. The lowest BCUT2D eigenvalue weighted by molar-refractivity contribution is 0.0930. The number of carbonyl (C=O) groups excluding carboxylic acids is 2. The molecule has 0 saturated heterocycles. The van der Waals surface area contributed by atoms with Gasteiger partial charge < -0.3 is 15.1 Å². The molecule has 4 rings (SSSR count). The van der Waals surface area contributed by atoms with Crippen LogP contribution in [0.4, 0.5) is 0 Å². The molecule has 6 nitrogen and oxygen atoms in total. The first-order chi connectivity index (χ1) is 11.2. The van der Waals surface area contributed by atoms with Crippen LogP contribution in [-0.2, 0) is 12.8 Å². The van der Waals surface area contributed by atoms with Gasteiger partial charge in [-0.25, -0.2) is 4.98 Å². The lowest BCUT2D eigenvalue weighted by Gasteiger charge is -2.22. The van der Waals surface area contributed by atoms with Gasteiger partial charge in [0.25, 0.3) is 11.8 Å². The summed E-state index contributed by atoms with van der Waals surface area (Å²) in [5.74, 6) is -0.186. The minimum Gasteiger partial charge on any atom is -0.472 e. The van der Waals surface area contributed by atoms with E-state index < -0.39 is 0 Å². The highest BCUT2D eigenvalue weighted by Gasteiger charge is 2.28. The fourth-order valence-corrected chi connectivity index (χ4v) is 3.82. The molecule has 0 bridgehead atoms. The second-order valence-electron chi connectivity index (χ2n) is 6.06. The minimum absolute atomic E-state index is 0.0640. The second-order valence-corrected chi connectivity index (χ2v) is 7.15. The van der Waals surface area contributed by atoms with E-state index in [2.05, 4.69) is 15.6 Å². The molecule has 1 fully saturated rings. The smallest absolute Gasteiger partial charge is 0.280 e. The van der Waals surface area contributed by atoms with Gasteiger partial charge in [-0.1, -0.05) is 0 Å². The predicted octanol–water partition coefficient (Wildman–Crippen LogP) is 1.92. The van der Waals surface area contributed by atoms with Crippen molar-refractivity contribution in [1.29, 1.82) is 0 Å². The maximum Gasteiger partial charge on any atom is 0.280 e. The summed E-state index contributed by atoms with van der Waals surface area (Å²) in [6.07, 6.45) is 7.42. The number of hydrogen-bond acceptors (Lipinski definition) is 5. The van der Waals surface area contributed by atoms with E-state index in [0.29, 0.717) is 16.6 Å². The van der Waals surface area contributed by atoms with E-state index in [1.807, 2.05) is 0 Å². The number of furan rings is 1. The van der Waals surface area contributed by atoms with E-state index in [0.717, 1.165) is 42.7 Å². The first kappa shape index (κ1) is 14.4. The van der Waals surface area contributed by atoms with Crippen molar-refractivity contribution in [2.75, 3.05) is 0 Å². The number of nitrogens with zero attached hydrogens (tertiary/aromatic N) is 1. The molecular weight excluding hydrogens is 314 g/mol. The monoisotopic (exact) mass is 331 g/mol. The third-order valence-electron chi connectivity index (χ3n) is 4.17. The first-order valence-electron chi connectivity index (χ1n) is 7.81. The Balaban J connectivity index is 1.41. The van der Waals surface area contributed by atoms with Crippen LogP contribution in [0.2, 0.25) is 0 Å². The van der Waals surface area contributed by atoms with Gasteiger partial charge in [0.1, 0.15) is 6.26 Å². The Kier molecular flexibility index (Phi) is 3.65. The van der Waals surface area contributed by atoms with Crippen molar-refractivity contribution in [1.82, 2.24) is 15.6 Å². The van der Waals surface area contributed by atoms with Gasteiger partial charge >= 0.3 is 0 Å². The quantitative estimate of drug-likeness (QED) is 0.896. The van der Waals surface area contributed by atoms with Gasteiger partial charge in [0.05, 0.1) is 17.5 Å². The summed E-state index contributed by atoms with van der Waals surface area (Å²) in [7, 11) is 0. The maximum absolute atomic E-state index is 12.1. The van der Waals surface area contributed by atoms with Crippen LogP contribution in [-0.4, -0.2) is 28.9 Å². The Hall–Kier alpha value is -2.15. The Morgan fingerprint density at radius 2 is 2.00 bits per heavy atom. The highest BCUT2D eigenvalue weighted by atomic mass is 32.1. The van der Waals surface area contributed by atoms with Crippen molar-refractivity contribution >= 4 is 23.2 Å². The molecule has 2 aliphatic carbocycles. The summed E-state index contributed by atoms with van der Waals surface area (Å²) >= 11 is 1.45. The van der Waals surface area contributed by atoms with Gasteiger partial charge in [0.15, 0.2) is 5.01 Å². The Morgan fingerprint density at radius 3 is 2.74 bits per heavy atom. The van der Waals surface area contributed by atoms with Crippen molar-refractivity contribution in [3.63, 3.8) is 0 Å². The number of thiazole rings is 1. The lowest BCUT2D eigenvalue weighted by Crippen LogP contribution is -2.38. The number of rotatable bonds is 4. The van der Waals surface area contributed by atoms with Crippen molar-refractivity contribution in [2.45, 2.75) is 44.2 Å². The average Bonchev–Trinajstić information content (AvgIpc) is 3.05. The third kappa shape index (κ3) is 3.14. The number of amides is 2. The van der Waals surface area contributed by atoms with Crippen LogP contribution in [0.25, 0.3) is 0 Å². The van der Waals surface area contributed by atoms with Crippen molar-refractivity contribution < 1.29 is 14.0 Å². The molecule has 0 aromatic carbocycles. The zero-order chi connectivity index (χ0) is 15.8. The highest BCUT2D eigenvalue weighted by Crippen LogP contribution is 2.28. The number of carbonyl (C=O) groups is 2. The molecule has 0 radical (unpaired) electrons. The third-order valence-corrected chi connectivity index (χ3v) is 5.28. The van der Waals surface area contributed by atoms with Crippen LogP contribution in [0.15, 0.2) is 23.0 Å². The molecule has 0 spiro atoms. The van der Waals surface area contributed by atoms with Crippen LogP contribution in [0.3, 0.4) is 0 Å². The molecule has 7 heteroatoms. The van der Waals surface area contributed by atoms with E-state index in [-0.39, 0.29) is 17.9 Å². The molecule has 1 atom stereocenters. The van der Waals surface area contributed by atoms with Crippen LogP contribution >= 0.6 is 11.3 Å². The fourth-order valence-electron chi connectivity index (χ4n) is 2.73. The van der Waals surface area contributed by atoms with E-state index >= 15 is 0 Å². The summed E-state index contributed by atoms with van der Waals surface area (Å²) in [4.78, 5) is 29.7. The normalized spacial score (nSPS) is 19.9. The fraction of sp³-hybridized carbons (Fsp3) is 0.438. The molecule has 2 aromatic rings. The molecule has 2 aliphatic rings. The highest BCUT2D eigenvalue weighted by molar-refractivity contribution is 7.13. The molecule has 2 N–H and O–H groups in total. The number of aryl methyl sites for hydroxylation is 1. The van der Waals surface area contributed by atoms with Gasteiger partial charge in [0, 0.05) is 23.4 Å². The van der Waals surface area contributed by atoms with Gasteiger partial charge in [-0.15, -0.1) is 11.3 Å². The topological polar surface area (TPSA) is 84.2 Å². The zero-order valence-corrected chi connectivity index (χ0v) is 13.3. The number of fused-ring (bicyclic) bond motifs is 1. The SMILES string of the molecule is O=C(NC1CCc2nc(C(=O)NC3CC3)sc2C1)c1ccoc1. The second kappa shape index (κ2) is 5.81. The molecule has 120 valence electrons. The summed E-state index contributed by atoms with van der Waals surface area (Å²) in [6, 6.07) is 2.06. The first-order valence-corrected chi connectivity index (χ1v) is 8.63. The Bertz CT molecular complexity index is 734. The van der Waals surface area contributed by atoms with Gasteiger partial charge in [-0.2, -0.15) is 0 Å². The summed E-state index contributed by atoms with van der Waals surface area (Å²) in [6.45, 7) is 0. The molecule has 23 heavy (non-hydrogen) atoms. The maximum atomic E-state index is 12.1. The van der Waals surface area contributed by atoms with E-state index in [4.69, 9.17) is 4.42 Å². The average molecular weight is 331 g/mol. The summed E-state index contributed by atoms with van der Waals surface area (Å²) in [5.41, 5.74) is 1.54. The number of hydrogen-bond donors (Lipinski definition) is 2. The van der Waals surface area contributed by atoms with E-state index in [9.17, 15) is 9.59 Å². The van der Waals surface area contributed by atoms with Gasteiger partial charge in [0.2, 0.25) is 0 Å². The van der Waals surface area contributed by atoms with Crippen LogP contribution in [0.5, 0.6) is 0 Å². The van der Waals surface area contributed by atoms with Gasteiger partial charge in [-0.05, 0) is 31.7 Å². The van der Waals surface area contributed by atoms with Crippen LogP contribution in [0.1, 0.15) is 50.0 Å². The molecule has 2 aromatic heterocycles. The van der Waals surface area contributed by atoms with Crippen molar-refractivity contribution in [3.8, 4) is 0 Å². The Labute approximate surface area is 137 Å².